The largest absolute Gasteiger partial charge is 0.370 e. The van der Waals surface area contributed by atoms with Gasteiger partial charge in [0.15, 0.2) is 0 Å². The van der Waals surface area contributed by atoms with Gasteiger partial charge in [-0.2, -0.15) is 0 Å². The molecule has 1 heterocycles. The fourth-order valence-electron chi connectivity index (χ4n) is 2.20. The number of halogens is 1. The van der Waals surface area contributed by atoms with Crippen molar-refractivity contribution in [2.75, 3.05) is 5.32 Å². The number of amides is 2. The van der Waals surface area contributed by atoms with E-state index in [0.29, 0.717) is 30.7 Å². The van der Waals surface area contributed by atoms with Crippen LogP contribution in [0.15, 0.2) is 12.1 Å². The molecular formula is C13H16ClN3O2. The van der Waals surface area contributed by atoms with Gasteiger partial charge in [0, 0.05) is 23.2 Å². The third-order valence-corrected chi connectivity index (χ3v) is 3.51. The minimum Gasteiger partial charge on any atom is -0.370 e. The van der Waals surface area contributed by atoms with Crippen LogP contribution >= 0.6 is 11.6 Å². The van der Waals surface area contributed by atoms with Crippen molar-refractivity contribution in [2.45, 2.75) is 31.7 Å². The molecule has 2 rings (SSSR count). The van der Waals surface area contributed by atoms with Crippen molar-refractivity contribution in [3.8, 4) is 0 Å². The zero-order chi connectivity index (χ0) is 14.0. The summed E-state index contributed by atoms with van der Waals surface area (Å²) in [4.78, 5) is 22.0. The summed E-state index contributed by atoms with van der Waals surface area (Å²) in [6.07, 6.45) is 1.92. The lowest BCUT2D eigenvalue weighted by atomic mass is 9.98. The zero-order valence-electron chi connectivity index (χ0n) is 10.4. The Morgan fingerprint density at radius 1 is 1.47 bits per heavy atom. The van der Waals surface area contributed by atoms with Crippen LogP contribution in [-0.2, 0) is 16.0 Å². The van der Waals surface area contributed by atoms with Crippen molar-refractivity contribution >= 4 is 29.1 Å². The first kappa shape index (κ1) is 13.8. The number of anilines is 1. The summed E-state index contributed by atoms with van der Waals surface area (Å²) in [6.45, 7) is 0. The van der Waals surface area contributed by atoms with Gasteiger partial charge in [0.25, 0.3) is 0 Å². The van der Waals surface area contributed by atoms with Crippen molar-refractivity contribution in [3.05, 3.63) is 28.3 Å². The Labute approximate surface area is 116 Å². The first-order valence-electron chi connectivity index (χ1n) is 6.13. The molecule has 0 bridgehead atoms. The lowest BCUT2D eigenvalue weighted by molar-refractivity contribution is -0.118. The summed E-state index contributed by atoms with van der Waals surface area (Å²) in [5.41, 5.74) is 13.6. The average Bonchev–Trinajstić information content (AvgIpc) is 2.66. The number of nitrogens with one attached hydrogen (secondary N) is 1. The van der Waals surface area contributed by atoms with E-state index >= 15 is 0 Å². The summed E-state index contributed by atoms with van der Waals surface area (Å²) in [7, 11) is 0. The van der Waals surface area contributed by atoms with Crippen molar-refractivity contribution in [1.82, 2.24) is 0 Å². The van der Waals surface area contributed by atoms with Gasteiger partial charge in [-0.15, -0.1) is 0 Å². The maximum atomic E-state index is 11.3. The molecule has 1 aliphatic rings. The van der Waals surface area contributed by atoms with Crippen molar-refractivity contribution in [1.29, 1.82) is 0 Å². The molecule has 0 saturated heterocycles. The van der Waals surface area contributed by atoms with Gasteiger partial charge in [-0.3, -0.25) is 9.59 Å². The van der Waals surface area contributed by atoms with Crippen LogP contribution in [0.3, 0.4) is 0 Å². The zero-order valence-corrected chi connectivity index (χ0v) is 11.2. The summed E-state index contributed by atoms with van der Waals surface area (Å²) in [5.74, 6) is -0.368. The fourth-order valence-corrected chi connectivity index (χ4v) is 2.51. The second-order valence-corrected chi connectivity index (χ2v) is 5.13. The minimum atomic E-state index is -0.331. The maximum Gasteiger partial charge on any atom is 0.228 e. The Kier molecular flexibility index (Phi) is 4.07. The number of nitrogens with two attached hydrogens (primary N) is 2. The Hall–Kier alpha value is -1.59. The van der Waals surface area contributed by atoms with E-state index in [1.165, 1.54) is 0 Å². The maximum absolute atomic E-state index is 11.3. The molecule has 0 fully saturated rings. The van der Waals surface area contributed by atoms with Gasteiger partial charge in [0.1, 0.15) is 0 Å². The Morgan fingerprint density at radius 3 is 2.89 bits per heavy atom. The van der Waals surface area contributed by atoms with Crippen molar-refractivity contribution in [2.24, 2.45) is 11.5 Å². The SMILES string of the molecule is NC(=O)CCCC(N)c1cc2c(cc1Cl)NC(=O)C2. The third-order valence-electron chi connectivity index (χ3n) is 3.19. The highest BCUT2D eigenvalue weighted by Crippen LogP contribution is 2.33. The normalized spacial score (nSPS) is 14.9. The molecule has 6 heteroatoms. The van der Waals surface area contributed by atoms with Crippen LogP contribution in [-0.4, -0.2) is 11.8 Å². The van der Waals surface area contributed by atoms with Crippen LogP contribution in [0.4, 0.5) is 5.69 Å². The fraction of sp³-hybridized carbons (Fsp3) is 0.385. The van der Waals surface area contributed by atoms with Gasteiger partial charge >= 0.3 is 0 Å². The Bertz CT molecular complexity index is 531. The summed E-state index contributed by atoms with van der Waals surface area (Å²) in [6, 6.07) is 3.34. The molecule has 2 amide bonds. The number of rotatable bonds is 5. The van der Waals surface area contributed by atoms with Crippen LogP contribution in [0.2, 0.25) is 5.02 Å². The molecule has 1 aromatic carbocycles. The topological polar surface area (TPSA) is 98.2 Å². The molecule has 102 valence electrons. The summed E-state index contributed by atoms with van der Waals surface area (Å²) < 4.78 is 0. The van der Waals surface area contributed by atoms with Crippen molar-refractivity contribution in [3.63, 3.8) is 0 Å². The van der Waals surface area contributed by atoms with Gasteiger partial charge in [-0.25, -0.2) is 0 Å². The molecule has 1 aliphatic heterocycles. The molecule has 5 nitrogen and oxygen atoms in total. The van der Waals surface area contributed by atoms with Gasteiger partial charge in [0.05, 0.1) is 6.42 Å². The molecule has 1 aromatic rings. The highest BCUT2D eigenvalue weighted by atomic mass is 35.5. The second-order valence-electron chi connectivity index (χ2n) is 4.72. The molecule has 0 aliphatic carbocycles. The molecule has 0 aromatic heterocycles. The van der Waals surface area contributed by atoms with Gasteiger partial charge in [-0.05, 0) is 30.0 Å². The predicted octanol–water partition coefficient (Wildman–Crippen LogP) is 1.49. The van der Waals surface area contributed by atoms with E-state index in [1.807, 2.05) is 6.07 Å². The van der Waals surface area contributed by atoms with Crippen LogP contribution in [0.1, 0.15) is 36.4 Å². The van der Waals surface area contributed by atoms with E-state index in [-0.39, 0.29) is 17.9 Å². The molecule has 1 unspecified atom stereocenters. The van der Waals surface area contributed by atoms with Crippen LogP contribution in [0.5, 0.6) is 0 Å². The standard InChI is InChI=1S/C13H16ClN3O2/c14-9-6-11-7(5-13(19)17-11)4-8(9)10(15)2-1-3-12(16)18/h4,6,10H,1-3,5,15H2,(H2,16,18)(H,17,19). The number of carbonyl (C=O) groups excluding carboxylic acids is 2. The summed E-state index contributed by atoms with van der Waals surface area (Å²) >= 11 is 6.17. The van der Waals surface area contributed by atoms with Crippen LogP contribution < -0.4 is 16.8 Å². The number of fused-ring (bicyclic) bond motifs is 1. The quantitative estimate of drug-likeness (QED) is 0.762. The monoisotopic (exact) mass is 281 g/mol. The Morgan fingerprint density at radius 2 is 2.21 bits per heavy atom. The van der Waals surface area contributed by atoms with E-state index in [0.717, 1.165) is 16.8 Å². The van der Waals surface area contributed by atoms with E-state index in [2.05, 4.69) is 5.32 Å². The lowest BCUT2D eigenvalue weighted by Gasteiger charge is -2.15. The first-order chi connectivity index (χ1) is 8.97. The van der Waals surface area contributed by atoms with Gasteiger partial charge < -0.3 is 16.8 Å². The molecule has 0 saturated carbocycles. The number of hydrogen-bond acceptors (Lipinski definition) is 3. The molecule has 0 radical (unpaired) electrons. The van der Waals surface area contributed by atoms with E-state index in [1.54, 1.807) is 6.07 Å². The number of primary amides is 1. The number of hydrogen-bond donors (Lipinski definition) is 3. The van der Waals surface area contributed by atoms with E-state index in [4.69, 9.17) is 23.1 Å². The molecule has 5 N–H and O–H groups in total. The lowest BCUT2D eigenvalue weighted by Crippen LogP contribution is -2.14. The van der Waals surface area contributed by atoms with E-state index < -0.39 is 0 Å². The molecular weight excluding hydrogens is 266 g/mol. The molecule has 19 heavy (non-hydrogen) atoms. The number of benzene rings is 1. The Balaban J connectivity index is 2.10. The average molecular weight is 282 g/mol. The second kappa shape index (κ2) is 5.59. The minimum absolute atomic E-state index is 0.0366. The molecule has 1 atom stereocenters. The number of carbonyl (C=O) groups is 2. The molecule has 0 spiro atoms. The first-order valence-corrected chi connectivity index (χ1v) is 6.51. The third kappa shape index (κ3) is 3.24. The van der Waals surface area contributed by atoms with Gasteiger partial charge in [0.2, 0.25) is 11.8 Å². The van der Waals surface area contributed by atoms with Crippen LogP contribution in [0.25, 0.3) is 0 Å². The van der Waals surface area contributed by atoms with Crippen molar-refractivity contribution < 1.29 is 9.59 Å². The van der Waals surface area contributed by atoms with Gasteiger partial charge in [-0.1, -0.05) is 17.7 Å². The smallest absolute Gasteiger partial charge is 0.228 e. The highest BCUT2D eigenvalue weighted by molar-refractivity contribution is 6.32. The summed E-state index contributed by atoms with van der Waals surface area (Å²) in [5, 5.41) is 3.27. The van der Waals surface area contributed by atoms with Crippen LogP contribution in [0, 0.1) is 0 Å². The van der Waals surface area contributed by atoms with E-state index in [9.17, 15) is 9.59 Å². The highest BCUT2D eigenvalue weighted by Gasteiger charge is 2.21. The predicted molar refractivity (Wildman–Crippen MR) is 73.8 cm³/mol.